The third-order valence-corrected chi connectivity index (χ3v) is 3.45. The monoisotopic (exact) mass is 290 g/mol. The van der Waals surface area contributed by atoms with Crippen molar-refractivity contribution in [2.45, 2.75) is 6.92 Å². The van der Waals surface area contributed by atoms with E-state index < -0.39 is 0 Å². The molecule has 0 aliphatic carbocycles. The number of rotatable bonds is 1. The molecule has 1 aliphatic heterocycles. The fourth-order valence-electron chi connectivity index (χ4n) is 2.54. The summed E-state index contributed by atoms with van der Waals surface area (Å²) in [6, 6.07) is 12.3. The second-order valence-electron chi connectivity index (χ2n) is 5.05. The lowest BCUT2D eigenvalue weighted by Gasteiger charge is -2.15. The van der Waals surface area contributed by atoms with Gasteiger partial charge in [-0.05, 0) is 42.8 Å². The van der Waals surface area contributed by atoms with E-state index in [1.807, 2.05) is 13.0 Å². The first-order valence-corrected chi connectivity index (χ1v) is 6.90. The van der Waals surface area contributed by atoms with E-state index >= 15 is 0 Å². The Morgan fingerprint density at radius 1 is 1.05 bits per heavy atom. The quantitative estimate of drug-likeness (QED) is 0.646. The van der Waals surface area contributed by atoms with Crippen molar-refractivity contribution in [1.29, 1.82) is 0 Å². The molecular formula is C18H14N2O2. The maximum absolute atomic E-state index is 12.5. The molecule has 108 valence electrons. The summed E-state index contributed by atoms with van der Waals surface area (Å²) in [7, 11) is 0. The summed E-state index contributed by atoms with van der Waals surface area (Å²) < 4.78 is 0. The van der Waals surface area contributed by atoms with Crippen LogP contribution < -0.4 is 10.6 Å². The highest BCUT2D eigenvalue weighted by Gasteiger charge is 2.36. The fraction of sp³-hybridized carbons (Fsp3) is 0.111. The minimum absolute atomic E-state index is 0.260. The maximum Gasteiger partial charge on any atom is 0.266 e. The smallest absolute Gasteiger partial charge is 0.266 e. The van der Waals surface area contributed by atoms with Crippen molar-refractivity contribution in [3.8, 4) is 11.8 Å². The Hall–Kier alpha value is -2.90. The zero-order valence-corrected chi connectivity index (χ0v) is 12.1. The lowest BCUT2D eigenvalue weighted by molar-refractivity contribution is 0.0926. The van der Waals surface area contributed by atoms with E-state index in [9.17, 15) is 9.59 Å². The summed E-state index contributed by atoms with van der Waals surface area (Å²) in [5.74, 6) is 5.11. The SMILES string of the molecule is Cc1cc(C#CCN)cc(N2C(=O)c3ccccc3C2=O)c1. The molecular weight excluding hydrogens is 276 g/mol. The molecule has 0 saturated carbocycles. The van der Waals surface area contributed by atoms with Crippen molar-refractivity contribution in [2.24, 2.45) is 5.73 Å². The second-order valence-corrected chi connectivity index (χ2v) is 5.05. The number of aryl methyl sites for hydroxylation is 1. The summed E-state index contributed by atoms with van der Waals surface area (Å²) in [4.78, 5) is 26.2. The van der Waals surface area contributed by atoms with Gasteiger partial charge in [-0.25, -0.2) is 4.90 Å². The Balaban J connectivity index is 2.08. The number of hydrogen-bond acceptors (Lipinski definition) is 3. The third kappa shape index (κ3) is 2.28. The number of nitrogens with zero attached hydrogens (tertiary/aromatic N) is 1. The van der Waals surface area contributed by atoms with E-state index in [0.717, 1.165) is 11.1 Å². The molecule has 2 N–H and O–H groups in total. The Labute approximate surface area is 128 Å². The Kier molecular flexibility index (Phi) is 3.50. The number of imide groups is 1. The van der Waals surface area contributed by atoms with Crippen LogP contribution in [0.1, 0.15) is 31.8 Å². The van der Waals surface area contributed by atoms with E-state index in [1.165, 1.54) is 4.90 Å². The first-order chi connectivity index (χ1) is 10.6. The molecule has 2 aromatic rings. The van der Waals surface area contributed by atoms with Gasteiger partial charge in [0.25, 0.3) is 11.8 Å². The zero-order chi connectivity index (χ0) is 15.7. The lowest BCUT2D eigenvalue weighted by atomic mass is 10.1. The van der Waals surface area contributed by atoms with Gasteiger partial charge in [0.1, 0.15) is 0 Å². The largest absolute Gasteiger partial charge is 0.320 e. The van der Waals surface area contributed by atoms with Gasteiger partial charge in [0.2, 0.25) is 0 Å². The summed E-state index contributed by atoms with van der Waals surface area (Å²) >= 11 is 0. The number of carbonyl (C=O) groups is 2. The molecule has 2 aromatic carbocycles. The van der Waals surface area contributed by atoms with Crippen LogP contribution in [0.3, 0.4) is 0 Å². The van der Waals surface area contributed by atoms with Crippen LogP contribution in [0.15, 0.2) is 42.5 Å². The van der Waals surface area contributed by atoms with Crippen LogP contribution >= 0.6 is 0 Å². The van der Waals surface area contributed by atoms with Crippen molar-refractivity contribution in [3.05, 3.63) is 64.7 Å². The van der Waals surface area contributed by atoms with Crippen LogP contribution in [-0.4, -0.2) is 18.4 Å². The van der Waals surface area contributed by atoms with E-state index in [2.05, 4.69) is 11.8 Å². The van der Waals surface area contributed by atoms with Gasteiger partial charge in [0.15, 0.2) is 0 Å². The van der Waals surface area contributed by atoms with Gasteiger partial charge in [-0.2, -0.15) is 0 Å². The fourth-order valence-corrected chi connectivity index (χ4v) is 2.54. The number of benzene rings is 2. The number of amides is 2. The van der Waals surface area contributed by atoms with Crippen molar-refractivity contribution in [3.63, 3.8) is 0 Å². The summed E-state index contributed by atoms with van der Waals surface area (Å²) in [6.07, 6.45) is 0. The molecule has 1 aliphatic rings. The van der Waals surface area contributed by atoms with Crippen molar-refractivity contribution in [1.82, 2.24) is 0 Å². The first-order valence-electron chi connectivity index (χ1n) is 6.90. The lowest BCUT2D eigenvalue weighted by Crippen LogP contribution is -2.29. The molecule has 22 heavy (non-hydrogen) atoms. The molecule has 0 bridgehead atoms. The van der Waals surface area contributed by atoms with Gasteiger partial charge in [-0.15, -0.1) is 0 Å². The molecule has 0 atom stereocenters. The summed E-state index contributed by atoms with van der Waals surface area (Å²) in [6.45, 7) is 2.16. The van der Waals surface area contributed by atoms with E-state index in [1.54, 1.807) is 36.4 Å². The van der Waals surface area contributed by atoms with Crippen LogP contribution in [-0.2, 0) is 0 Å². The van der Waals surface area contributed by atoms with Crippen LogP contribution in [0.2, 0.25) is 0 Å². The second kappa shape index (κ2) is 5.47. The van der Waals surface area contributed by atoms with Crippen LogP contribution in [0.4, 0.5) is 5.69 Å². The minimum atomic E-state index is -0.302. The molecule has 4 heteroatoms. The highest BCUT2D eigenvalue weighted by molar-refractivity contribution is 6.34. The van der Waals surface area contributed by atoms with Crippen molar-refractivity contribution in [2.75, 3.05) is 11.4 Å². The van der Waals surface area contributed by atoms with E-state index in [4.69, 9.17) is 5.73 Å². The van der Waals surface area contributed by atoms with Gasteiger partial charge in [0, 0.05) is 5.56 Å². The number of anilines is 1. The van der Waals surface area contributed by atoms with Gasteiger partial charge >= 0.3 is 0 Å². The molecule has 1 heterocycles. The predicted octanol–water partition coefficient (Wildman–Crippen LogP) is 2.11. The standard InChI is InChI=1S/C18H14N2O2/c1-12-9-13(5-4-8-19)11-14(10-12)20-17(21)15-6-2-3-7-16(15)18(20)22/h2-3,6-7,9-11H,8,19H2,1H3. The average molecular weight is 290 g/mol. The Morgan fingerprint density at radius 2 is 1.68 bits per heavy atom. The molecule has 0 unspecified atom stereocenters. The molecule has 0 radical (unpaired) electrons. The molecule has 0 saturated heterocycles. The van der Waals surface area contributed by atoms with E-state index in [0.29, 0.717) is 16.8 Å². The number of nitrogens with two attached hydrogens (primary N) is 1. The number of fused-ring (bicyclic) bond motifs is 1. The van der Waals surface area contributed by atoms with Gasteiger partial charge in [0.05, 0.1) is 23.4 Å². The molecule has 2 amide bonds. The normalized spacial score (nSPS) is 12.9. The minimum Gasteiger partial charge on any atom is -0.320 e. The van der Waals surface area contributed by atoms with E-state index in [-0.39, 0.29) is 18.4 Å². The van der Waals surface area contributed by atoms with Crippen LogP contribution in [0.5, 0.6) is 0 Å². The molecule has 4 nitrogen and oxygen atoms in total. The van der Waals surface area contributed by atoms with Crippen molar-refractivity contribution < 1.29 is 9.59 Å². The molecule has 0 fully saturated rings. The van der Waals surface area contributed by atoms with Gasteiger partial charge in [-0.1, -0.05) is 24.0 Å². The maximum atomic E-state index is 12.5. The Morgan fingerprint density at radius 3 is 2.27 bits per heavy atom. The van der Waals surface area contributed by atoms with Crippen LogP contribution in [0.25, 0.3) is 0 Å². The topological polar surface area (TPSA) is 63.4 Å². The first kappa shape index (κ1) is 14.1. The van der Waals surface area contributed by atoms with Gasteiger partial charge in [-0.3, -0.25) is 9.59 Å². The Bertz CT molecular complexity index is 809. The highest BCUT2D eigenvalue weighted by atomic mass is 16.2. The van der Waals surface area contributed by atoms with Gasteiger partial charge < -0.3 is 5.73 Å². The molecule has 3 rings (SSSR count). The number of carbonyl (C=O) groups excluding carboxylic acids is 2. The van der Waals surface area contributed by atoms with Crippen LogP contribution in [0, 0.1) is 18.8 Å². The summed E-state index contributed by atoms with van der Waals surface area (Å²) in [5, 5.41) is 0. The average Bonchev–Trinajstić information content (AvgIpc) is 2.77. The molecule has 0 aromatic heterocycles. The third-order valence-electron chi connectivity index (χ3n) is 3.45. The highest BCUT2D eigenvalue weighted by Crippen LogP contribution is 2.29. The number of hydrogen-bond donors (Lipinski definition) is 1. The molecule has 0 spiro atoms. The zero-order valence-electron chi connectivity index (χ0n) is 12.1. The predicted molar refractivity (Wildman–Crippen MR) is 84.7 cm³/mol. The van der Waals surface area contributed by atoms with Crippen molar-refractivity contribution >= 4 is 17.5 Å². The summed E-state index contributed by atoms with van der Waals surface area (Å²) in [5.41, 5.74) is 8.45.